The molecule has 2 aromatic carbocycles. The van der Waals surface area contributed by atoms with Crippen LogP contribution in [0.2, 0.25) is 0 Å². The van der Waals surface area contributed by atoms with E-state index in [-0.39, 0.29) is 12.3 Å². The third kappa shape index (κ3) is 4.77. The van der Waals surface area contributed by atoms with Gasteiger partial charge in [-0.3, -0.25) is 9.59 Å². The van der Waals surface area contributed by atoms with Crippen molar-refractivity contribution in [2.45, 2.75) is 18.9 Å². The number of nitrogens with zero attached hydrogens (tertiary/aromatic N) is 1. The molecule has 0 saturated heterocycles. The molecular weight excluding hydrogens is 348 g/mol. The van der Waals surface area contributed by atoms with Gasteiger partial charge in [0.25, 0.3) is 5.91 Å². The van der Waals surface area contributed by atoms with Crippen molar-refractivity contribution in [2.24, 2.45) is 0 Å². The van der Waals surface area contributed by atoms with E-state index in [1.165, 1.54) is 11.3 Å². The minimum atomic E-state index is -0.949. The molecule has 132 valence electrons. The molecule has 6 heteroatoms. The van der Waals surface area contributed by atoms with Gasteiger partial charge in [0.15, 0.2) is 5.01 Å². The molecule has 0 aliphatic rings. The quantitative estimate of drug-likeness (QED) is 0.669. The highest BCUT2D eigenvalue weighted by Gasteiger charge is 2.20. The van der Waals surface area contributed by atoms with Gasteiger partial charge in [-0.2, -0.15) is 0 Å². The molecule has 1 unspecified atom stereocenters. The van der Waals surface area contributed by atoms with Crippen LogP contribution in [-0.2, 0) is 11.2 Å². The van der Waals surface area contributed by atoms with Crippen molar-refractivity contribution >= 4 is 23.2 Å². The number of amides is 1. The summed E-state index contributed by atoms with van der Waals surface area (Å²) in [5, 5.41) is 14.1. The first-order chi connectivity index (χ1) is 12.6. The second-order valence-corrected chi connectivity index (χ2v) is 6.72. The van der Waals surface area contributed by atoms with Crippen molar-refractivity contribution in [2.75, 3.05) is 0 Å². The first-order valence-corrected chi connectivity index (χ1v) is 9.07. The van der Waals surface area contributed by atoms with E-state index in [9.17, 15) is 9.59 Å². The Bertz CT molecular complexity index is 878. The first kappa shape index (κ1) is 17.8. The molecular formula is C20H18N2O3S. The Morgan fingerprint density at radius 1 is 1.04 bits per heavy atom. The number of nitrogens with one attached hydrogen (secondary N) is 1. The fourth-order valence-electron chi connectivity index (χ4n) is 2.65. The molecule has 1 atom stereocenters. The number of carbonyl (C=O) groups is 2. The highest BCUT2D eigenvalue weighted by molar-refractivity contribution is 7.12. The molecule has 26 heavy (non-hydrogen) atoms. The molecule has 1 aromatic heterocycles. The Kier molecular flexibility index (Phi) is 5.76. The summed E-state index contributed by atoms with van der Waals surface area (Å²) in [5.41, 5.74) is 2.65. The van der Waals surface area contributed by atoms with Gasteiger partial charge in [-0.05, 0) is 12.0 Å². The zero-order chi connectivity index (χ0) is 18.4. The van der Waals surface area contributed by atoms with Crippen LogP contribution in [0.25, 0.3) is 11.3 Å². The molecule has 0 aliphatic heterocycles. The number of benzene rings is 2. The van der Waals surface area contributed by atoms with Crippen LogP contribution in [0.1, 0.15) is 21.8 Å². The van der Waals surface area contributed by atoms with Crippen LogP contribution in [0.3, 0.4) is 0 Å². The molecule has 1 heterocycles. The molecule has 0 aliphatic carbocycles. The van der Waals surface area contributed by atoms with Crippen molar-refractivity contribution in [3.8, 4) is 11.3 Å². The van der Waals surface area contributed by atoms with Crippen molar-refractivity contribution < 1.29 is 14.7 Å². The van der Waals surface area contributed by atoms with Crippen LogP contribution in [0.15, 0.2) is 66.0 Å². The number of carboxylic acids is 1. The lowest BCUT2D eigenvalue weighted by molar-refractivity contribution is -0.137. The van der Waals surface area contributed by atoms with Gasteiger partial charge in [0.05, 0.1) is 12.1 Å². The van der Waals surface area contributed by atoms with Crippen molar-refractivity contribution in [3.05, 3.63) is 76.6 Å². The van der Waals surface area contributed by atoms with Gasteiger partial charge in [-0.25, -0.2) is 4.98 Å². The second kappa shape index (κ2) is 8.40. The maximum Gasteiger partial charge on any atom is 0.305 e. The standard InChI is InChI=1S/C20H18N2O3S/c23-18(24)12-16(11-14-7-3-1-4-8-14)21-19(25)20-22-17(13-26-20)15-9-5-2-6-10-15/h1-10,13,16H,11-12H2,(H,21,25)(H,23,24). The predicted molar refractivity (Wildman–Crippen MR) is 101 cm³/mol. The largest absolute Gasteiger partial charge is 0.481 e. The molecule has 2 N–H and O–H groups in total. The van der Waals surface area contributed by atoms with Gasteiger partial charge in [0.2, 0.25) is 0 Å². The number of aliphatic carboxylic acids is 1. The molecule has 0 bridgehead atoms. The number of carboxylic acid groups (broad SMARTS) is 1. The fourth-order valence-corrected chi connectivity index (χ4v) is 3.38. The first-order valence-electron chi connectivity index (χ1n) is 8.19. The Hall–Kier alpha value is -2.99. The van der Waals surface area contributed by atoms with E-state index in [0.717, 1.165) is 16.8 Å². The van der Waals surface area contributed by atoms with Crippen molar-refractivity contribution in [3.63, 3.8) is 0 Å². The van der Waals surface area contributed by atoms with Gasteiger partial charge in [-0.15, -0.1) is 11.3 Å². The maximum absolute atomic E-state index is 12.5. The Labute approximate surface area is 155 Å². The molecule has 3 rings (SSSR count). The van der Waals surface area contributed by atoms with Gasteiger partial charge in [0, 0.05) is 17.0 Å². The second-order valence-electron chi connectivity index (χ2n) is 5.86. The van der Waals surface area contributed by atoms with E-state index in [1.54, 1.807) is 0 Å². The third-order valence-electron chi connectivity index (χ3n) is 3.85. The van der Waals surface area contributed by atoms with Crippen LogP contribution < -0.4 is 5.32 Å². The number of thiazole rings is 1. The summed E-state index contributed by atoms with van der Waals surface area (Å²) in [6, 6.07) is 18.6. The average Bonchev–Trinajstić information content (AvgIpc) is 3.13. The summed E-state index contributed by atoms with van der Waals surface area (Å²) in [5.74, 6) is -1.30. The van der Waals surface area contributed by atoms with Crippen molar-refractivity contribution in [1.29, 1.82) is 0 Å². The van der Waals surface area contributed by atoms with Crippen LogP contribution >= 0.6 is 11.3 Å². The lowest BCUT2D eigenvalue weighted by Crippen LogP contribution is -2.38. The topological polar surface area (TPSA) is 79.3 Å². The highest BCUT2D eigenvalue weighted by atomic mass is 32.1. The SMILES string of the molecule is O=C(O)CC(Cc1ccccc1)NC(=O)c1nc(-c2ccccc2)cs1. The van der Waals surface area contributed by atoms with E-state index in [1.807, 2.05) is 66.0 Å². The molecule has 1 amide bonds. The normalized spacial score (nSPS) is 11.7. The number of rotatable bonds is 7. The zero-order valence-corrected chi connectivity index (χ0v) is 14.8. The predicted octanol–water partition coefficient (Wildman–Crippen LogP) is 3.63. The van der Waals surface area contributed by atoms with Gasteiger partial charge >= 0.3 is 5.97 Å². The zero-order valence-electron chi connectivity index (χ0n) is 14.0. The smallest absolute Gasteiger partial charge is 0.305 e. The highest BCUT2D eigenvalue weighted by Crippen LogP contribution is 2.21. The summed E-state index contributed by atoms with van der Waals surface area (Å²) in [6.07, 6.45) is 0.313. The van der Waals surface area contributed by atoms with E-state index < -0.39 is 12.0 Å². The summed E-state index contributed by atoms with van der Waals surface area (Å²) in [7, 11) is 0. The Morgan fingerprint density at radius 2 is 1.69 bits per heavy atom. The minimum absolute atomic E-state index is 0.141. The number of aromatic nitrogens is 1. The van der Waals surface area contributed by atoms with Gasteiger partial charge in [-0.1, -0.05) is 60.7 Å². The molecule has 0 spiro atoms. The Morgan fingerprint density at radius 3 is 2.35 bits per heavy atom. The summed E-state index contributed by atoms with van der Waals surface area (Å²) in [4.78, 5) is 28.0. The molecule has 0 saturated carbocycles. The number of hydrogen-bond donors (Lipinski definition) is 2. The molecule has 5 nitrogen and oxygen atoms in total. The van der Waals surface area contributed by atoms with Gasteiger partial charge in [0.1, 0.15) is 0 Å². The van der Waals surface area contributed by atoms with Crippen LogP contribution in [0.5, 0.6) is 0 Å². The summed E-state index contributed by atoms with van der Waals surface area (Å²) >= 11 is 1.25. The summed E-state index contributed by atoms with van der Waals surface area (Å²) in [6.45, 7) is 0. The average molecular weight is 366 g/mol. The fraction of sp³-hybridized carbons (Fsp3) is 0.150. The van der Waals surface area contributed by atoms with E-state index in [4.69, 9.17) is 5.11 Å². The van der Waals surface area contributed by atoms with Gasteiger partial charge < -0.3 is 10.4 Å². The van der Waals surface area contributed by atoms with E-state index >= 15 is 0 Å². The maximum atomic E-state index is 12.5. The molecule has 3 aromatic rings. The third-order valence-corrected chi connectivity index (χ3v) is 4.69. The van der Waals surface area contributed by atoms with E-state index in [2.05, 4.69) is 10.3 Å². The van der Waals surface area contributed by atoms with Crippen LogP contribution in [0, 0.1) is 0 Å². The van der Waals surface area contributed by atoms with Crippen LogP contribution in [0.4, 0.5) is 0 Å². The van der Waals surface area contributed by atoms with E-state index in [0.29, 0.717) is 11.4 Å². The van der Waals surface area contributed by atoms with Crippen molar-refractivity contribution in [1.82, 2.24) is 10.3 Å². The minimum Gasteiger partial charge on any atom is -0.481 e. The lowest BCUT2D eigenvalue weighted by atomic mass is 10.0. The number of hydrogen-bond acceptors (Lipinski definition) is 4. The number of carbonyl (C=O) groups excluding carboxylic acids is 1. The molecule has 0 fully saturated rings. The molecule has 0 radical (unpaired) electrons. The lowest BCUT2D eigenvalue weighted by Gasteiger charge is -2.16. The monoisotopic (exact) mass is 366 g/mol. The Balaban J connectivity index is 1.71. The summed E-state index contributed by atoms with van der Waals surface area (Å²) < 4.78 is 0. The van der Waals surface area contributed by atoms with Crippen LogP contribution in [-0.4, -0.2) is 28.0 Å².